The number of nitro benzene ring substituents is 1. The van der Waals surface area contributed by atoms with Crippen LogP contribution in [-0.2, 0) is 6.61 Å². The number of benzene rings is 3. The summed E-state index contributed by atoms with van der Waals surface area (Å²) in [6, 6.07) is 18.9. The van der Waals surface area contributed by atoms with Gasteiger partial charge in [0.05, 0.1) is 16.0 Å². The maximum absolute atomic E-state index is 11.6. The number of nitro groups is 2. The lowest BCUT2D eigenvalue weighted by molar-refractivity contribution is -0.479. The Balaban J connectivity index is 1.53. The molecule has 0 amide bonds. The van der Waals surface area contributed by atoms with Crippen LogP contribution in [0.25, 0.3) is 5.69 Å². The van der Waals surface area contributed by atoms with Crippen molar-refractivity contribution in [3.63, 3.8) is 0 Å². The Hall–Kier alpha value is -3.97. The molecule has 0 bridgehead atoms. The highest BCUT2D eigenvalue weighted by molar-refractivity contribution is 9.10. The van der Waals surface area contributed by atoms with Gasteiger partial charge in [-0.15, -0.1) is 10.2 Å². The van der Waals surface area contributed by atoms with E-state index in [-0.39, 0.29) is 23.8 Å². The van der Waals surface area contributed by atoms with Gasteiger partial charge in [-0.25, -0.2) is 0 Å². The van der Waals surface area contributed by atoms with Gasteiger partial charge in [-0.1, -0.05) is 17.8 Å². The van der Waals surface area contributed by atoms with Crippen molar-refractivity contribution in [1.29, 1.82) is 0 Å². The van der Waals surface area contributed by atoms with Crippen molar-refractivity contribution < 1.29 is 19.3 Å². The fourth-order valence-corrected chi connectivity index (χ4v) is 5.43. The summed E-state index contributed by atoms with van der Waals surface area (Å²) in [6.45, 7) is 4.18. The molecule has 39 heavy (non-hydrogen) atoms. The number of non-ortho nitro benzene ring substituents is 1. The number of aromatic nitrogens is 3. The predicted molar refractivity (Wildman–Crippen MR) is 149 cm³/mol. The summed E-state index contributed by atoms with van der Waals surface area (Å²) >= 11 is 4.76. The minimum absolute atomic E-state index is 0.00664. The van der Waals surface area contributed by atoms with Crippen LogP contribution in [-0.4, -0.2) is 37.8 Å². The van der Waals surface area contributed by atoms with Crippen molar-refractivity contribution in [3.05, 3.63) is 108 Å². The summed E-state index contributed by atoms with van der Waals surface area (Å²) in [5.74, 6) is 1.93. The fraction of sp³-hybridized carbons (Fsp3) is 0.231. The summed E-state index contributed by atoms with van der Waals surface area (Å²) in [5, 5.41) is 30.9. The lowest BCUT2D eigenvalue weighted by Gasteiger charge is -2.16. The van der Waals surface area contributed by atoms with Gasteiger partial charge in [0.15, 0.2) is 5.16 Å². The van der Waals surface area contributed by atoms with Crippen molar-refractivity contribution >= 4 is 33.4 Å². The number of halogens is 1. The van der Waals surface area contributed by atoms with E-state index in [0.717, 1.165) is 17.0 Å². The van der Waals surface area contributed by atoms with Gasteiger partial charge < -0.3 is 9.47 Å². The van der Waals surface area contributed by atoms with Gasteiger partial charge in [-0.2, -0.15) is 0 Å². The van der Waals surface area contributed by atoms with Gasteiger partial charge in [0, 0.05) is 22.7 Å². The van der Waals surface area contributed by atoms with Crippen molar-refractivity contribution in [2.45, 2.75) is 30.9 Å². The van der Waals surface area contributed by atoms with E-state index < -0.39 is 10.2 Å². The monoisotopic (exact) mass is 613 g/mol. The summed E-state index contributed by atoms with van der Waals surface area (Å²) in [6.07, 6.45) is 0. The lowest BCUT2D eigenvalue weighted by atomic mass is 10.1. The Morgan fingerprint density at radius 3 is 2.33 bits per heavy atom. The van der Waals surface area contributed by atoms with Crippen LogP contribution < -0.4 is 9.47 Å². The minimum atomic E-state index is -0.551. The van der Waals surface area contributed by atoms with E-state index in [1.165, 1.54) is 23.9 Å². The average Bonchev–Trinajstić information content (AvgIpc) is 3.27. The quantitative estimate of drug-likeness (QED) is 0.102. The largest absolute Gasteiger partial charge is 0.494 e. The van der Waals surface area contributed by atoms with Crippen LogP contribution in [0.5, 0.6) is 11.5 Å². The Kier molecular flexibility index (Phi) is 9.15. The second-order valence-corrected chi connectivity index (χ2v) is 10.3. The molecule has 0 aliphatic rings. The first kappa shape index (κ1) is 28.0. The Bertz CT molecular complexity index is 1460. The first-order valence-corrected chi connectivity index (χ1v) is 13.5. The molecule has 1 aromatic heterocycles. The summed E-state index contributed by atoms with van der Waals surface area (Å²) in [4.78, 5) is 21.6. The third-order valence-electron chi connectivity index (χ3n) is 5.63. The van der Waals surface area contributed by atoms with Crippen molar-refractivity contribution in [2.75, 3.05) is 13.2 Å². The van der Waals surface area contributed by atoms with Gasteiger partial charge in [-0.3, -0.25) is 24.8 Å². The minimum Gasteiger partial charge on any atom is -0.494 e. The molecule has 13 heteroatoms. The zero-order valence-electron chi connectivity index (χ0n) is 21.0. The average molecular weight is 614 g/mol. The molecule has 1 atom stereocenters. The number of hydrogen-bond acceptors (Lipinski definition) is 9. The molecule has 3 aromatic carbocycles. The Labute approximate surface area is 236 Å². The molecule has 0 unspecified atom stereocenters. The van der Waals surface area contributed by atoms with Crippen molar-refractivity contribution in [1.82, 2.24) is 14.8 Å². The molecule has 202 valence electrons. The van der Waals surface area contributed by atoms with E-state index in [4.69, 9.17) is 9.47 Å². The highest BCUT2D eigenvalue weighted by Gasteiger charge is 2.24. The third-order valence-corrected chi connectivity index (χ3v) is 7.43. The molecule has 4 aromatic rings. The van der Waals surface area contributed by atoms with Crippen LogP contribution in [0.15, 0.2) is 76.4 Å². The predicted octanol–water partition coefficient (Wildman–Crippen LogP) is 6.33. The zero-order valence-corrected chi connectivity index (χ0v) is 23.4. The first-order valence-electron chi connectivity index (χ1n) is 11.8. The molecule has 0 radical (unpaired) electrons. The van der Waals surface area contributed by atoms with E-state index in [1.54, 1.807) is 30.3 Å². The molecule has 0 aliphatic carbocycles. The molecule has 0 spiro atoms. The second kappa shape index (κ2) is 12.7. The molecular weight excluding hydrogens is 590 g/mol. The van der Waals surface area contributed by atoms with Crippen molar-refractivity contribution in [3.8, 4) is 17.2 Å². The fourth-order valence-electron chi connectivity index (χ4n) is 3.76. The second-order valence-electron chi connectivity index (χ2n) is 8.32. The highest BCUT2D eigenvalue weighted by Crippen LogP contribution is 2.39. The summed E-state index contributed by atoms with van der Waals surface area (Å²) in [7, 11) is 0. The number of thioether (sulfide) groups is 1. The smallest absolute Gasteiger partial charge is 0.269 e. The van der Waals surface area contributed by atoms with E-state index in [0.29, 0.717) is 33.4 Å². The number of rotatable bonds is 12. The summed E-state index contributed by atoms with van der Waals surface area (Å²) in [5.41, 5.74) is 2.30. The topological polar surface area (TPSA) is 135 Å². The number of ether oxygens (including phenoxy) is 2. The van der Waals surface area contributed by atoms with Crippen LogP contribution in [0.3, 0.4) is 0 Å². The molecule has 0 N–H and O–H groups in total. The van der Waals surface area contributed by atoms with Gasteiger partial charge in [-0.05, 0) is 89.4 Å². The molecule has 11 nitrogen and oxygen atoms in total. The highest BCUT2D eigenvalue weighted by atomic mass is 79.9. The van der Waals surface area contributed by atoms with E-state index >= 15 is 0 Å². The van der Waals surface area contributed by atoms with Crippen LogP contribution in [0.1, 0.15) is 29.1 Å². The maximum Gasteiger partial charge on any atom is 0.269 e. The Morgan fingerprint density at radius 1 is 1.00 bits per heavy atom. The van der Waals surface area contributed by atoms with Crippen molar-refractivity contribution in [2.24, 2.45) is 0 Å². The van der Waals surface area contributed by atoms with Gasteiger partial charge in [0.1, 0.15) is 29.2 Å². The number of aryl methyl sites for hydroxylation is 1. The van der Waals surface area contributed by atoms with Crippen LogP contribution in [0.4, 0.5) is 5.69 Å². The van der Waals surface area contributed by atoms with E-state index in [1.807, 2.05) is 42.7 Å². The zero-order chi connectivity index (χ0) is 27.9. The normalized spacial score (nSPS) is 11.7. The molecule has 0 fully saturated rings. The molecular formula is C26H24BrN5O6S. The molecule has 0 aliphatic heterocycles. The van der Waals surface area contributed by atoms with Crippen LogP contribution >= 0.6 is 27.7 Å². The first-order chi connectivity index (χ1) is 18.7. The molecule has 0 saturated carbocycles. The number of hydrogen-bond donors (Lipinski definition) is 0. The van der Waals surface area contributed by atoms with E-state index in [2.05, 4.69) is 26.1 Å². The van der Waals surface area contributed by atoms with E-state index in [9.17, 15) is 20.2 Å². The SMILES string of the molecule is CCOc1ccc(-n2c(C)nnc2S[C@H](C[N+](=O)[O-])c2ccc(OCc3ccc([N+](=O)[O-])cc3)c(Br)c2)cc1. The summed E-state index contributed by atoms with van der Waals surface area (Å²) < 4.78 is 13.9. The lowest BCUT2D eigenvalue weighted by Crippen LogP contribution is -2.11. The van der Waals surface area contributed by atoms with Gasteiger partial charge in [0.25, 0.3) is 5.69 Å². The Morgan fingerprint density at radius 2 is 1.72 bits per heavy atom. The van der Waals surface area contributed by atoms with Crippen LogP contribution in [0.2, 0.25) is 0 Å². The van der Waals surface area contributed by atoms with Gasteiger partial charge in [0.2, 0.25) is 6.54 Å². The molecule has 1 heterocycles. The van der Waals surface area contributed by atoms with Crippen LogP contribution in [0, 0.1) is 27.2 Å². The third kappa shape index (κ3) is 7.12. The number of nitrogens with zero attached hydrogens (tertiary/aromatic N) is 5. The maximum atomic E-state index is 11.6. The standard InChI is InChI=1S/C26H24BrN5O6S/c1-3-37-22-11-9-20(10-12-22)31-17(2)28-29-26(31)39-25(15-30(33)34)19-6-13-24(23(27)14-19)38-16-18-4-7-21(8-5-18)32(35)36/h4-14,25H,3,15-16H2,1-2H3/t25-/m1/s1. The van der Waals surface area contributed by atoms with Gasteiger partial charge >= 0.3 is 0 Å². The molecule has 4 rings (SSSR count). The molecule has 0 saturated heterocycles.